The molecular formula is C13H15N3O2. The fraction of sp³-hybridized carbons (Fsp3) is 0.385. The zero-order valence-electron chi connectivity index (χ0n) is 9.94. The molecule has 1 fully saturated rings. The number of nitrogens with zero attached hydrogens (tertiary/aromatic N) is 1. The average molecular weight is 245 g/mol. The first-order valence-electron chi connectivity index (χ1n) is 5.92. The first-order chi connectivity index (χ1) is 8.78. The van der Waals surface area contributed by atoms with Crippen LogP contribution in [-0.2, 0) is 0 Å². The van der Waals surface area contributed by atoms with Crippen molar-refractivity contribution in [2.45, 2.75) is 25.3 Å². The van der Waals surface area contributed by atoms with E-state index in [0.717, 1.165) is 12.8 Å². The molecule has 5 nitrogen and oxygen atoms in total. The first-order valence-corrected chi connectivity index (χ1v) is 5.92. The van der Waals surface area contributed by atoms with Gasteiger partial charge in [0, 0.05) is 6.04 Å². The molecule has 94 valence electrons. The number of aliphatic hydroxyl groups excluding tert-OH is 1. The van der Waals surface area contributed by atoms with E-state index in [2.05, 4.69) is 27.5 Å². The Morgan fingerprint density at radius 3 is 3.00 bits per heavy atom. The molecule has 1 heterocycles. The summed E-state index contributed by atoms with van der Waals surface area (Å²) in [4.78, 5) is 15.7. The van der Waals surface area contributed by atoms with Gasteiger partial charge in [0.15, 0.2) is 0 Å². The van der Waals surface area contributed by atoms with Crippen LogP contribution >= 0.6 is 0 Å². The summed E-state index contributed by atoms with van der Waals surface area (Å²) in [7, 11) is 0. The van der Waals surface area contributed by atoms with Gasteiger partial charge in [0.25, 0.3) is 0 Å². The van der Waals surface area contributed by atoms with Crippen LogP contribution in [0.3, 0.4) is 0 Å². The highest BCUT2D eigenvalue weighted by atomic mass is 16.2. The lowest BCUT2D eigenvalue weighted by Gasteiger charge is -2.26. The summed E-state index contributed by atoms with van der Waals surface area (Å²) >= 11 is 0. The number of nitrogens with one attached hydrogen (secondary N) is 2. The van der Waals surface area contributed by atoms with E-state index in [1.165, 1.54) is 6.42 Å². The number of carbonyl (C=O) groups is 1. The first kappa shape index (κ1) is 12.4. The van der Waals surface area contributed by atoms with Gasteiger partial charge in [-0.2, -0.15) is 0 Å². The van der Waals surface area contributed by atoms with E-state index in [9.17, 15) is 4.79 Å². The van der Waals surface area contributed by atoms with Crippen molar-refractivity contribution in [1.82, 2.24) is 10.3 Å². The van der Waals surface area contributed by atoms with Crippen LogP contribution in [0.5, 0.6) is 0 Å². The standard InChI is InChI=1S/C13H15N3O2/c17-9-3-7-10-6-2-8-12(14-10)16-13(18)15-11-4-1-5-11/h2,6,8,11,17H,1,4-5,9H2,(H2,14,15,16,18). The lowest BCUT2D eigenvalue weighted by Crippen LogP contribution is -2.42. The fourth-order valence-corrected chi connectivity index (χ4v) is 1.59. The van der Waals surface area contributed by atoms with E-state index in [1.807, 2.05) is 0 Å². The summed E-state index contributed by atoms with van der Waals surface area (Å²) < 4.78 is 0. The maximum Gasteiger partial charge on any atom is 0.320 e. The van der Waals surface area contributed by atoms with Crippen LogP contribution in [0.25, 0.3) is 0 Å². The SMILES string of the molecule is O=C(Nc1cccc(C#CCO)n1)NC1CCC1. The fourth-order valence-electron chi connectivity index (χ4n) is 1.59. The van der Waals surface area contributed by atoms with Crippen molar-refractivity contribution in [3.05, 3.63) is 23.9 Å². The molecule has 18 heavy (non-hydrogen) atoms. The summed E-state index contributed by atoms with van der Waals surface area (Å²) in [5.74, 6) is 5.65. The molecule has 0 aromatic carbocycles. The topological polar surface area (TPSA) is 74.2 Å². The Labute approximate surface area is 106 Å². The quantitative estimate of drug-likeness (QED) is 0.683. The minimum absolute atomic E-state index is 0.207. The molecule has 0 radical (unpaired) electrons. The molecule has 1 saturated carbocycles. The van der Waals surface area contributed by atoms with Gasteiger partial charge in [0.05, 0.1) is 0 Å². The van der Waals surface area contributed by atoms with Crippen LogP contribution in [-0.4, -0.2) is 28.8 Å². The summed E-state index contributed by atoms with van der Waals surface area (Å²) in [5.41, 5.74) is 0.519. The molecule has 1 aromatic heterocycles. The van der Waals surface area contributed by atoms with Gasteiger partial charge >= 0.3 is 6.03 Å². The van der Waals surface area contributed by atoms with Gasteiger partial charge in [-0.1, -0.05) is 12.0 Å². The number of aliphatic hydroxyl groups is 1. The van der Waals surface area contributed by atoms with E-state index < -0.39 is 0 Å². The number of urea groups is 1. The second-order valence-electron chi connectivity index (χ2n) is 4.09. The van der Waals surface area contributed by atoms with Gasteiger partial charge in [-0.3, -0.25) is 5.32 Å². The lowest BCUT2D eigenvalue weighted by atomic mass is 9.93. The molecule has 1 aromatic rings. The van der Waals surface area contributed by atoms with Crippen molar-refractivity contribution in [2.24, 2.45) is 0 Å². The molecule has 0 spiro atoms. The van der Waals surface area contributed by atoms with Crippen molar-refractivity contribution >= 4 is 11.8 Å². The van der Waals surface area contributed by atoms with Crippen molar-refractivity contribution in [3.63, 3.8) is 0 Å². The summed E-state index contributed by atoms with van der Waals surface area (Å²) in [6.07, 6.45) is 3.27. The molecule has 0 atom stereocenters. The van der Waals surface area contributed by atoms with Crippen LogP contribution in [0.1, 0.15) is 25.0 Å². The van der Waals surface area contributed by atoms with Crippen LogP contribution < -0.4 is 10.6 Å². The van der Waals surface area contributed by atoms with Crippen LogP contribution in [0.4, 0.5) is 10.6 Å². The predicted molar refractivity (Wildman–Crippen MR) is 68.0 cm³/mol. The largest absolute Gasteiger partial charge is 0.384 e. The number of aromatic nitrogens is 1. The van der Waals surface area contributed by atoms with Gasteiger partial charge < -0.3 is 10.4 Å². The molecule has 3 N–H and O–H groups in total. The average Bonchev–Trinajstić information content (AvgIpc) is 2.32. The number of anilines is 1. The molecule has 0 saturated heterocycles. The van der Waals surface area contributed by atoms with E-state index in [4.69, 9.17) is 5.11 Å². The third-order valence-electron chi connectivity index (χ3n) is 2.73. The van der Waals surface area contributed by atoms with E-state index in [0.29, 0.717) is 17.6 Å². The Kier molecular flexibility index (Phi) is 4.15. The molecule has 0 bridgehead atoms. The Hall–Kier alpha value is -2.06. The number of pyridine rings is 1. The van der Waals surface area contributed by atoms with Crippen molar-refractivity contribution in [2.75, 3.05) is 11.9 Å². The van der Waals surface area contributed by atoms with Gasteiger partial charge in [-0.25, -0.2) is 9.78 Å². The highest BCUT2D eigenvalue weighted by Crippen LogP contribution is 2.18. The van der Waals surface area contributed by atoms with Gasteiger partial charge in [0.1, 0.15) is 18.1 Å². The van der Waals surface area contributed by atoms with E-state index >= 15 is 0 Å². The van der Waals surface area contributed by atoms with Gasteiger partial charge in [-0.05, 0) is 37.3 Å². The summed E-state index contributed by atoms with van der Waals surface area (Å²) in [6.45, 7) is -0.207. The Bertz CT molecular complexity index is 486. The number of amides is 2. The molecular weight excluding hydrogens is 230 g/mol. The normalized spacial score (nSPS) is 14.1. The summed E-state index contributed by atoms with van der Waals surface area (Å²) in [6, 6.07) is 5.23. The third-order valence-corrected chi connectivity index (χ3v) is 2.73. The second-order valence-corrected chi connectivity index (χ2v) is 4.09. The van der Waals surface area contributed by atoms with E-state index in [1.54, 1.807) is 18.2 Å². The monoisotopic (exact) mass is 245 g/mol. The lowest BCUT2D eigenvalue weighted by molar-refractivity contribution is 0.240. The molecule has 1 aliphatic rings. The Morgan fingerprint density at radius 1 is 1.50 bits per heavy atom. The zero-order chi connectivity index (χ0) is 12.8. The zero-order valence-corrected chi connectivity index (χ0v) is 9.94. The van der Waals surface area contributed by atoms with E-state index in [-0.39, 0.29) is 12.6 Å². The highest BCUT2D eigenvalue weighted by Gasteiger charge is 2.19. The molecule has 2 amide bonds. The minimum atomic E-state index is -0.237. The van der Waals surface area contributed by atoms with Crippen LogP contribution in [0.15, 0.2) is 18.2 Å². The van der Waals surface area contributed by atoms with Crippen molar-refractivity contribution in [1.29, 1.82) is 0 Å². The Morgan fingerprint density at radius 2 is 2.33 bits per heavy atom. The minimum Gasteiger partial charge on any atom is -0.384 e. The predicted octanol–water partition coefficient (Wildman–Crippen LogP) is 1.10. The van der Waals surface area contributed by atoms with Crippen molar-refractivity contribution < 1.29 is 9.90 Å². The summed E-state index contributed by atoms with van der Waals surface area (Å²) in [5, 5.41) is 14.1. The Balaban J connectivity index is 1.93. The molecule has 0 aliphatic heterocycles. The second kappa shape index (κ2) is 6.03. The van der Waals surface area contributed by atoms with Crippen molar-refractivity contribution in [3.8, 4) is 11.8 Å². The molecule has 0 unspecified atom stereocenters. The number of hydrogen-bond acceptors (Lipinski definition) is 3. The smallest absolute Gasteiger partial charge is 0.320 e. The maximum absolute atomic E-state index is 11.6. The highest BCUT2D eigenvalue weighted by molar-refractivity contribution is 5.88. The maximum atomic E-state index is 11.6. The van der Waals surface area contributed by atoms with Gasteiger partial charge in [0.2, 0.25) is 0 Å². The molecule has 2 rings (SSSR count). The number of rotatable bonds is 2. The van der Waals surface area contributed by atoms with Crippen LogP contribution in [0, 0.1) is 11.8 Å². The molecule has 1 aliphatic carbocycles. The third kappa shape index (κ3) is 3.47. The van der Waals surface area contributed by atoms with Crippen LogP contribution in [0.2, 0.25) is 0 Å². The number of carbonyl (C=O) groups excluding carboxylic acids is 1. The number of hydrogen-bond donors (Lipinski definition) is 3. The van der Waals surface area contributed by atoms with Gasteiger partial charge in [-0.15, -0.1) is 0 Å². The molecule has 5 heteroatoms.